The maximum Gasteiger partial charge on any atom is 0.363 e. The molecule has 0 atom stereocenters. The normalized spacial score (nSPS) is 15.5. The first kappa shape index (κ1) is 15.0. The van der Waals surface area contributed by atoms with Gasteiger partial charge in [0, 0.05) is 5.56 Å². The van der Waals surface area contributed by atoms with Crippen LogP contribution in [0.3, 0.4) is 0 Å². The number of esters is 1. The second kappa shape index (κ2) is 6.48. The van der Waals surface area contributed by atoms with E-state index in [1.54, 1.807) is 6.08 Å². The average molecular weight is 307 g/mol. The molecule has 0 aromatic heterocycles. The molecule has 3 rings (SSSR count). The van der Waals surface area contributed by atoms with Gasteiger partial charge in [-0.25, -0.2) is 9.79 Å². The third kappa shape index (κ3) is 3.31. The number of cyclic esters (lactones) is 1. The number of carbonyl (C=O) groups excluding carboxylic acids is 1. The van der Waals surface area contributed by atoms with Crippen LogP contribution in [0.2, 0.25) is 0 Å². The summed E-state index contributed by atoms with van der Waals surface area (Å²) >= 11 is 0. The molecule has 1 aliphatic rings. The topological polar surface area (TPSA) is 47.9 Å². The van der Waals surface area contributed by atoms with E-state index < -0.39 is 5.97 Å². The van der Waals surface area contributed by atoms with Gasteiger partial charge >= 0.3 is 5.97 Å². The predicted molar refractivity (Wildman–Crippen MR) is 89.4 cm³/mol. The molecule has 4 nitrogen and oxygen atoms in total. The van der Waals surface area contributed by atoms with Gasteiger partial charge in [0.25, 0.3) is 0 Å². The minimum atomic E-state index is -0.433. The second-order valence-corrected chi connectivity index (χ2v) is 5.15. The van der Waals surface area contributed by atoms with Gasteiger partial charge < -0.3 is 9.47 Å². The Bertz CT molecular complexity index is 789. The Kier molecular flexibility index (Phi) is 4.24. The van der Waals surface area contributed by atoms with Crippen molar-refractivity contribution in [2.75, 3.05) is 6.61 Å². The van der Waals surface area contributed by atoms with E-state index in [1.807, 2.05) is 62.4 Å². The number of hydrogen-bond donors (Lipinski definition) is 0. The summed E-state index contributed by atoms with van der Waals surface area (Å²) < 4.78 is 10.7. The zero-order valence-electron chi connectivity index (χ0n) is 13.1. The molecule has 0 amide bonds. The Morgan fingerprint density at radius 1 is 1.13 bits per heavy atom. The molecule has 0 aliphatic carbocycles. The predicted octanol–water partition coefficient (Wildman–Crippen LogP) is 3.74. The van der Waals surface area contributed by atoms with Crippen molar-refractivity contribution in [2.24, 2.45) is 4.99 Å². The van der Waals surface area contributed by atoms with Crippen molar-refractivity contribution >= 4 is 17.9 Å². The number of rotatable bonds is 4. The van der Waals surface area contributed by atoms with E-state index in [0.717, 1.165) is 22.4 Å². The number of aryl methyl sites for hydroxylation is 1. The fourth-order valence-corrected chi connectivity index (χ4v) is 2.32. The van der Waals surface area contributed by atoms with Gasteiger partial charge in [0.2, 0.25) is 5.90 Å². The summed E-state index contributed by atoms with van der Waals surface area (Å²) in [5.74, 6) is 0.718. The van der Waals surface area contributed by atoms with Gasteiger partial charge in [-0.2, -0.15) is 0 Å². The molecule has 0 unspecified atom stereocenters. The van der Waals surface area contributed by atoms with E-state index in [2.05, 4.69) is 4.99 Å². The van der Waals surface area contributed by atoms with Crippen molar-refractivity contribution in [3.05, 3.63) is 70.9 Å². The molecule has 4 heteroatoms. The van der Waals surface area contributed by atoms with Crippen molar-refractivity contribution < 1.29 is 14.3 Å². The molecular formula is C19H17NO3. The van der Waals surface area contributed by atoms with E-state index in [0.29, 0.717) is 18.2 Å². The van der Waals surface area contributed by atoms with Crippen molar-refractivity contribution in [1.82, 2.24) is 0 Å². The van der Waals surface area contributed by atoms with Crippen molar-refractivity contribution in [3.8, 4) is 5.75 Å². The van der Waals surface area contributed by atoms with Crippen molar-refractivity contribution in [1.29, 1.82) is 0 Å². The van der Waals surface area contributed by atoms with Crippen LogP contribution in [-0.2, 0) is 9.53 Å². The molecular weight excluding hydrogens is 290 g/mol. The lowest BCUT2D eigenvalue weighted by atomic mass is 10.1. The maximum absolute atomic E-state index is 12.0. The first-order chi connectivity index (χ1) is 11.2. The largest absolute Gasteiger partial charge is 0.494 e. The Balaban J connectivity index is 1.87. The molecule has 1 heterocycles. The molecule has 2 aromatic rings. The lowest BCUT2D eigenvalue weighted by Gasteiger charge is -2.02. The number of hydrogen-bond acceptors (Lipinski definition) is 4. The summed E-state index contributed by atoms with van der Waals surface area (Å²) in [7, 11) is 0. The fourth-order valence-electron chi connectivity index (χ4n) is 2.32. The van der Waals surface area contributed by atoms with Crippen LogP contribution in [0.1, 0.15) is 23.6 Å². The number of aliphatic imine (C=N–C) groups is 1. The van der Waals surface area contributed by atoms with E-state index in [-0.39, 0.29) is 0 Å². The summed E-state index contributed by atoms with van der Waals surface area (Å²) in [6, 6.07) is 15.2. The number of nitrogens with zero attached hydrogens (tertiary/aromatic N) is 1. The van der Waals surface area contributed by atoms with Crippen LogP contribution < -0.4 is 4.74 Å². The highest BCUT2D eigenvalue weighted by molar-refractivity contribution is 6.13. The van der Waals surface area contributed by atoms with Gasteiger partial charge in [0.05, 0.1) is 6.61 Å². The number of carbonyl (C=O) groups is 1. The summed E-state index contributed by atoms with van der Waals surface area (Å²) in [6.45, 7) is 4.52. The molecule has 0 fully saturated rings. The zero-order chi connectivity index (χ0) is 16.2. The molecule has 0 bridgehead atoms. The fraction of sp³-hybridized carbons (Fsp3) is 0.158. The lowest BCUT2D eigenvalue weighted by molar-refractivity contribution is -0.129. The quantitative estimate of drug-likeness (QED) is 0.638. The highest BCUT2D eigenvalue weighted by Crippen LogP contribution is 2.21. The minimum Gasteiger partial charge on any atom is -0.494 e. The van der Waals surface area contributed by atoms with Crippen LogP contribution in [-0.4, -0.2) is 18.5 Å². The van der Waals surface area contributed by atoms with Gasteiger partial charge in [0.15, 0.2) is 5.70 Å². The smallest absolute Gasteiger partial charge is 0.363 e. The molecule has 0 saturated heterocycles. The van der Waals surface area contributed by atoms with Gasteiger partial charge in [0.1, 0.15) is 5.75 Å². The molecule has 0 radical (unpaired) electrons. The Morgan fingerprint density at radius 3 is 2.57 bits per heavy atom. The van der Waals surface area contributed by atoms with Crippen LogP contribution in [0.4, 0.5) is 0 Å². The van der Waals surface area contributed by atoms with Crippen LogP contribution in [0.5, 0.6) is 5.75 Å². The summed E-state index contributed by atoms with van der Waals surface area (Å²) in [6.07, 6.45) is 1.71. The van der Waals surface area contributed by atoms with Gasteiger partial charge in [-0.15, -0.1) is 0 Å². The SMILES string of the molecule is CCOc1ccc(C=C2N=C(c3ccccc3C)OC2=O)cc1. The van der Waals surface area contributed by atoms with Crippen LogP contribution in [0, 0.1) is 6.92 Å². The number of benzene rings is 2. The lowest BCUT2D eigenvalue weighted by Crippen LogP contribution is -2.06. The average Bonchev–Trinajstić information content (AvgIpc) is 2.91. The second-order valence-electron chi connectivity index (χ2n) is 5.15. The summed E-state index contributed by atoms with van der Waals surface area (Å²) in [5, 5.41) is 0. The number of ether oxygens (including phenoxy) is 2. The van der Waals surface area contributed by atoms with Crippen LogP contribution >= 0.6 is 0 Å². The van der Waals surface area contributed by atoms with Gasteiger partial charge in [-0.1, -0.05) is 30.3 Å². The summed E-state index contributed by atoms with van der Waals surface area (Å²) in [5.41, 5.74) is 3.01. The summed E-state index contributed by atoms with van der Waals surface area (Å²) in [4.78, 5) is 16.3. The third-order valence-corrected chi connectivity index (χ3v) is 3.49. The van der Waals surface area contributed by atoms with E-state index in [4.69, 9.17) is 9.47 Å². The highest BCUT2D eigenvalue weighted by atomic mass is 16.6. The Hall–Kier alpha value is -2.88. The van der Waals surface area contributed by atoms with E-state index in [9.17, 15) is 4.79 Å². The van der Waals surface area contributed by atoms with Crippen LogP contribution in [0.15, 0.2) is 59.2 Å². The van der Waals surface area contributed by atoms with Gasteiger partial charge in [-0.05, 0) is 49.2 Å². The highest BCUT2D eigenvalue weighted by Gasteiger charge is 2.24. The third-order valence-electron chi connectivity index (χ3n) is 3.49. The standard InChI is InChI=1S/C19H17NO3/c1-3-22-15-10-8-14(9-11-15)12-17-19(21)23-18(20-17)16-7-5-4-6-13(16)2/h4-12H,3H2,1-2H3. The van der Waals surface area contributed by atoms with E-state index in [1.165, 1.54) is 0 Å². The maximum atomic E-state index is 12.0. The molecule has 2 aromatic carbocycles. The molecule has 0 saturated carbocycles. The molecule has 1 aliphatic heterocycles. The molecule has 0 spiro atoms. The van der Waals surface area contributed by atoms with Crippen molar-refractivity contribution in [2.45, 2.75) is 13.8 Å². The Labute approximate surface area is 135 Å². The van der Waals surface area contributed by atoms with Crippen molar-refractivity contribution in [3.63, 3.8) is 0 Å². The van der Waals surface area contributed by atoms with Gasteiger partial charge in [-0.3, -0.25) is 0 Å². The minimum absolute atomic E-state index is 0.299. The van der Waals surface area contributed by atoms with E-state index >= 15 is 0 Å². The molecule has 0 N–H and O–H groups in total. The molecule has 116 valence electrons. The monoisotopic (exact) mass is 307 g/mol. The molecule has 23 heavy (non-hydrogen) atoms. The first-order valence-corrected chi connectivity index (χ1v) is 7.49. The zero-order valence-corrected chi connectivity index (χ0v) is 13.1. The Morgan fingerprint density at radius 2 is 1.87 bits per heavy atom. The first-order valence-electron chi connectivity index (χ1n) is 7.49. The van der Waals surface area contributed by atoms with Crippen LogP contribution in [0.25, 0.3) is 6.08 Å².